The molecule has 0 aliphatic carbocycles. The number of ether oxygens (including phenoxy) is 1. The van der Waals surface area contributed by atoms with E-state index in [0.717, 1.165) is 11.5 Å². The highest BCUT2D eigenvalue weighted by Gasteiger charge is 2.43. The van der Waals surface area contributed by atoms with Gasteiger partial charge in [0.15, 0.2) is 0 Å². The number of anilines is 2. The Bertz CT molecular complexity index is 1180. The van der Waals surface area contributed by atoms with Crippen LogP contribution in [-0.4, -0.2) is 6.85 Å². The third-order valence-electron chi connectivity index (χ3n) is 6.58. The lowest BCUT2D eigenvalue weighted by Gasteiger charge is -2.45. The normalized spacial score (nSPS) is 15.4. The molecule has 2 nitrogen and oxygen atoms in total. The molecule has 0 fully saturated rings. The van der Waals surface area contributed by atoms with Gasteiger partial charge in [-0.25, -0.2) is 0 Å². The van der Waals surface area contributed by atoms with Gasteiger partial charge >= 0.3 is 6.85 Å². The largest absolute Gasteiger partial charge is 0.458 e. The van der Waals surface area contributed by atoms with Gasteiger partial charge in [0.1, 0.15) is 11.5 Å². The fourth-order valence-electron chi connectivity index (χ4n) is 5.14. The average molecular weight is 387 g/mol. The molecular weight excluding hydrogens is 365 g/mol. The zero-order valence-corrected chi connectivity index (χ0v) is 17.2. The molecule has 0 radical (unpaired) electrons. The van der Waals surface area contributed by atoms with E-state index in [2.05, 4.69) is 104 Å². The summed E-state index contributed by atoms with van der Waals surface area (Å²) in [5.74, 6) is 1.86. The number of benzene rings is 4. The van der Waals surface area contributed by atoms with E-state index in [4.69, 9.17) is 4.74 Å². The Morgan fingerprint density at radius 3 is 1.57 bits per heavy atom. The first-order valence-electron chi connectivity index (χ1n) is 10.5. The van der Waals surface area contributed by atoms with E-state index in [0.29, 0.717) is 0 Å². The molecule has 0 bridgehead atoms. The van der Waals surface area contributed by atoms with Crippen molar-refractivity contribution in [2.24, 2.45) is 0 Å². The Balaban J connectivity index is 1.69. The summed E-state index contributed by atoms with van der Waals surface area (Å²) in [6, 6.07) is 34.5. The van der Waals surface area contributed by atoms with Crippen molar-refractivity contribution in [3.63, 3.8) is 0 Å². The number of hydrogen-bond acceptors (Lipinski definition) is 2. The first-order chi connectivity index (χ1) is 14.7. The van der Waals surface area contributed by atoms with E-state index in [9.17, 15) is 0 Å². The SMILES string of the molecule is CC1(C)c2ccccc2N(B2c3ccccc3Oc3ccccc32)c2ccccc21. The van der Waals surface area contributed by atoms with E-state index in [1.165, 1.54) is 33.4 Å². The van der Waals surface area contributed by atoms with Crippen LogP contribution in [0.4, 0.5) is 11.4 Å². The van der Waals surface area contributed by atoms with Crippen LogP contribution in [0.5, 0.6) is 11.5 Å². The van der Waals surface area contributed by atoms with Gasteiger partial charge in [-0.05, 0) is 46.3 Å². The second kappa shape index (κ2) is 6.27. The summed E-state index contributed by atoms with van der Waals surface area (Å²) in [6.45, 7) is 4.70. The van der Waals surface area contributed by atoms with Crippen molar-refractivity contribution in [3.8, 4) is 11.5 Å². The van der Waals surface area contributed by atoms with Crippen LogP contribution in [0.15, 0.2) is 97.1 Å². The van der Waals surface area contributed by atoms with Crippen LogP contribution in [0.3, 0.4) is 0 Å². The molecule has 4 aromatic rings. The van der Waals surface area contributed by atoms with Crippen LogP contribution in [0, 0.1) is 0 Å². The Hall–Kier alpha value is -3.46. The van der Waals surface area contributed by atoms with Gasteiger partial charge in [-0.2, -0.15) is 0 Å². The number of fused-ring (bicyclic) bond motifs is 4. The van der Waals surface area contributed by atoms with Crippen molar-refractivity contribution < 1.29 is 4.74 Å². The van der Waals surface area contributed by atoms with E-state index >= 15 is 0 Å². The van der Waals surface area contributed by atoms with Gasteiger partial charge in [0, 0.05) is 16.8 Å². The summed E-state index contributed by atoms with van der Waals surface area (Å²) in [7, 11) is 0. The Labute approximate surface area is 177 Å². The van der Waals surface area contributed by atoms with E-state index in [-0.39, 0.29) is 12.3 Å². The van der Waals surface area contributed by atoms with Gasteiger partial charge in [0.25, 0.3) is 0 Å². The predicted octanol–water partition coefficient (Wildman–Crippen LogP) is 5.38. The van der Waals surface area contributed by atoms with Gasteiger partial charge in [0.05, 0.1) is 0 Å². The van der Waals surface area contributed by atoms with Crippen LogP contribution in [0.1, 0.15) is 25.0 Å². The monoisotopic (exact) mass is 387 g/mol. The van der Waals surface area contributed by atoms with E-state index in [1.807, 2.05) is 12.1 Å². The third kappa shape index (κ3) is 2.32. The smallest absolute Gasteiger partial charge is 0.335 e. The maximum atomic E-state index is 6.29. The van der Waals surface area contributed by atoms with Crippen LogP contribution >= 0.6 is 0 Å². The fourth-order valence-corrected chi connectivity index (χ4v) is 5.14. The predicted molar refractivity (Wildman–Crippen MR) is 125 cm³/mol. The molecule has 0 unspecified atom stereocenters. The highest BCUT2D eigenvalue weighted by molar-refractivity contribution is 6.90. The topological polar surface area (TPSA) is 12.5 Å². The zero-order chi connectivity index (χ0) is 20.3. The van der Waals surface area contributed by atoms with E-state index in [1.54, 1.807) is 0 Å². The molecule has 0 spiro atoms. The highest BCUT2D eigenvalue weighted by atomic mass is 16.5. The van der Waals surface area contributed by atoms with Crippen LogP contribution in [0.2, 0.25) is 0 Å². The number of rotatable bonds is 1. The first kappa shape index (κ1) is 17.4. The summed E-state index contributed by atoms with van der Waals surface area (Å²) in [5.41, 5.74) is 7.56. The molecule has 2 heterocycles. The number of nitrogens with zero attached hydrogens (tertiary/aromatic N) is 1. The minimum Gasteiger partial charge on any atom is -0.458 e. The average Bonchev–Trinajstić information content (AvgIpc) is 2.79. The minimum absolute atomic E-state index is 0.0459. The lowest BCUT2D eigenvalue weighted by molar-refractivity contribution is 0.487. The van der Waals surface area contributed by atoms with Crippen molar-refractivity contribution in [2.75, 3.05) is 4.81 Å². The Kier molecular flexibility index (Phi) is 3.64. The molecule has 6 rings (SSSR count). The lowest BCUT2D eigenvalue weighted by Crippen LogP contribution is -2.58. The molecule has 3 heteroatoms. The maximum absolute atomic E-state index is 6.29. The molecule has 0 N–H and O–H groups in total. The van der Waals surface area contributed by atoms with Gasteiger partial charge in [-0.15, -0.1) is 0 Å². The van der Waals surface area contributed by atoms with Crippen molar-refractivity contribution in [1.82, 2.24) is 0 Å². The summed E-state index contributed by atoms with van der Waals surface area (Å²) in [5, 5.41) is 0. The molecule has 2 aliphatic rings. The molecule has 0 atom stereocenters. The fraction of sp³-hybridized carbons (Fsp3) is 0.111. The molecule has 4 aromatic carbocycles. The van der Waals surface area contributed by atoms with Crippen LogP contribution in [-0.2, 0) is 5.41 Å². The first-order valence-corrected chi connectivity index (χ1v) is 10.5. The highest BCUT2D eigenvalue weighted by Crippen LogP contribution is 2.49. The number of hydrogen-bond donors (Lipinski definition) is 0. The minimum atomic E-state index is -0.0616. The number of para-hydroxylation sites is 4. The summed E-state index contributed by atoms with van der Waals surface area (Å²) in [6.07, 6.45) is 0. The van der Waals surface area contributed by atoms with Gasteiger partial charge in [-0.1, -0.05) is 86.6 Å². The molecule has 144 valence electrons. The molecule has 0 amide bonds. The zero-order valence-electron chi connectivity index (χ0n) is 17.2. The maximum Gasteiger partial charge on any atom is 0.335 e. The van der Waals surface area contributed by atoms with Crippen LogP contribution in [0.25, 0.3) is 0 Å². The standard InChI is InChI=1S/C27H22BNO/c1-27(2)19-11-3-7-15-23(19)29(24-16-8-4-12-20(24)27)28-21-13-5-9-17-25(21)30-26-18-10-6-14-22(26)28/h3-18H,1-2H3. The van der Waals surface area contributed by atoms with Crippen LogP contribution < -0.4 is 20.5 Å². The van der Waals surface area contributed by atoms with E-state index < -0.39 is 0 Å². The lowest BCUT2D eigenvalue weighted by atomic mass is 9.46. The third-order valence-corrected chi connectivity index (χ3v) is 6.58. The summed E-state index contributed by atoms with van der Waals surface area (Å²) >= 11 is 0. The summed E-state index contributed by atoms with van der Waals surface area (Å²) < 4.78 is 6.29. The molecule has 2 aliphatic heterocycles. The molecule has 30 heavy (non-hydrogen) atoms. The van der Waals surface area contributed by atoms with Crippen molar-refractivity contribution in [2.45, 2.75) is 19.3 Å². The van der Waals surface area contributed by atoms with Crippen molar-refractivity contribution >= 4 is 29.1 Å². The molecule has 0 saturated heterocycles. The molecule has 0 aromatic heterocycles. The Morgan fingerprint density at radius 2 is 1.03 bits per heavy atom. The molecular formula is C27H22BNO. The van der Waals surface area contributed by atoms with Gasteiger partial charge in [-0.3, -0.25) is 0 Å². The van der Waals surface area contributed by atoms with Crippen molar-refractivity contribution in [1.29, 1.82) is 0 Å². The second-order valence-corrected chi connectivity index (χ2v) is 8.61. The second-order valence-electron chi connectivity index (χ2n) is 8.61. The Morgan fingerprint density at radius 1 is 0.600 bits per heavy atom. The van der Waals surface area contributed by atoms with Gasteiger partial charge in [0.2, 0.25) is 0 Å². The van der Waals surface area contributed by atoms with Gasteiger partial charge < -0.3 is 9.55 Å². The molecule has 0 saturated carbocycles. The quantitative estimate of drug-likeness (QED) is 0.407. The van der Waals surface area contributed by atoms with Crippen molar-refractivity contribution in [3.05, 3.63) is 108 Å². The summed E-state index contributed by atoms with van der Waals surface area (Å²) in [4.78, 5) is 2.51.